The van der Waals surface area contributed by atoms with Gasteiger partial charge in [-0.05, 0) is 19.1 Å². The molecule has 0 atom stereocenters. The van der Waals surface area contributed by atoms with Crippen LogP contribution in [0.3, 0.4) is 0 Å². The molecule has 0 aliphatic heterocycles. The first-order valence-corrected chi connectivity index (χ1v) is 8.50. The van der Waals surface area contributed by atoms with E-state index in [-0.39, 0.29) is 23.8 Å². The Kier molecular flexibility index (Phi) is 4.11. The fraction of sp³-hybridized carbons (Fsp3) is 0.105. The molecule has 140 valence electrons. The molecular weight excluding hydrogens is 362 g/mol. The molecule has 4 aromatic rings. The third-order valence-electron chi connectivity index (χ3n) is 4.32. The lowest BCUT2D eigenvalue weighted by Crippen LogP contribution is -2.12. The third kappa shape index (κ3) is 2.69. The largest absolute Gasteiger partial charge is 0.461 e. The Morgan fingerprint density at radius 2 is 1.82 bits per heavy atom. The highest BCUT2D eigenvalue weighted by Gasteiger charge is 2.24. The van der Waals surface area contributed by atoms with Crippen LogP contribution in [0.25, 0.3) is 27.5 Å². The van der Waals surface area contributed by atoms with Gasteiger partial charge in [0.1, 0.15) is 16.9 Å². The summed E-state index contributed by atoms with van der Waals surface area (Å²) < 4.78 is 6.56. The molecule has 0 fully saturated rings. The molecular formula is C19H15N5O4. The molecule has 9 heteroatoms. The van der Waals surface area contributed by atoms with Crippen molar-refractivity contribution in [2.45, 2.75) is 6.92 Å². The summed E-state index contributed by atoms with van der Waals surface area (Å²) in [5, 5.41) is 16.9. The van der Waals surface area contributed by atoms with Crippen LogP contribution in [-0.4, -0.2) is 32.3 Å². The number of carbonyl (C=O) groups is 1. The molecule has 0 spiro atoms. The molecule has 2 aromatic heterocycles. The maximum atomic E-state index is 12.7. The number of nitrogens with zero attached hydrogens (tertiary/aromatic N) is 4. The van der Waals surface area contributed by atoms with Crippen molar-refractivity contribution in [2.75, 3.05) is 12.3 Å². The van der Waals surface area contributed by atoms with Gasteiger partial charge in [-0.1, -0.05) is 24.3 Å². The number of non-ortho nitro benzene ring substituents is 1. The molecule has 28 heavy (non-hydrogen) atoms. The molecule has 0 radical (unpaired) electrons. The number of nitro groups is 1. The van der Waals surface area contributed by atoms with E-state index in [1.807, 2.05) is 24.3 Å². The summed E-state index contributed by atoms with van der Waals surface area (Å²) in [6.07, 6.45) is 0. The van der Waals surface area contributed by atoms with E-state index in [0.717, 1.165) is 10.8 Å². The Bertz CT molecular complexity index is 1230. The molecule has 9 nitrogen and oxygen atoms in total. The van der Waals surface area contributed by atoms with Gasteiger partial charge >= 0.3 is 5.97 Å². The second-order valence-electron chi connectivity index (χ2n) is 5.99. The topological polar surface area (TPSA) is 126 Å². The number of fused-ring (bicyclic) bond motifs is 3. The Morgan fingerprint density at radius 1 is 1.14 bits per heavy atom. The lowest BCUT2D eigenvalue weighted by molar-refractivity contribution is -0.384. The van der Waals surface area contributed by atoms with E-state index in [1.54, 1.807) is 6.92 Å². The average Bonchev–Trinajstić information content (AvgIpc) is 3.08. The van der Waals surface area contributed by atoms with Crippen molar-refractivity contribution >= 4 is 39.3 Å². The monoisotopic (exact) mass is 377 g/mol. The zero-order chi connectivity index (χ0) is 19.8. The lowest BCUT2D eigenvalue weighted by atomic mass is 10.1. The second-order valence-corrected chi connectivity index (χ2v) is 5.99. The van der Waals surface area contributed by atoms with Crippen LogP contribution in [0.15, 0.2) is 48.5 Å². The van der Waals surface area contributed by atoms with E-state index in [2.05, 4.69) is 10.1 Å². The zero-order valence-corrected chi connectivity index (χ0v) is 14.8. The Labute approximate surface area is 158 Å². The van der Waals surface area contributed by atoms with Gasteiger partial charge in [0.25, 0.3) is 5.69 Å². The predicted octanol–water partition coefficient (Wildman–Crippen LogP) is 3.24. The highest BCUT2D eigenvalue weighted by atomic mass is 16.6. The Morgan fingerprint density at radius 3 is 2.46 bits per heavy atom. The number of nitro benzene ring substituents is 1. The zero-order valence-electron chi connectivity index (χ0n) is 14.8. The average molecular weight is 377 g/mol. The van der Waals surface area contributed by atoms with Gasteiger partial charge in [-0.2, -0.15) is 5.10 Å². The van der Waals surface area contributed by atoms with Crippen molar-refractivity contribution in [1.82, 2.24) is 14.8 Å². The Hall–Kier alpha value is -4.01. The number of ether oxygens (including phenoxy) is 1. The maximum absolute atomic E-state index is 12.7. The van der Waals surface area contributed by atoms with E-state index < -0.39 is 10.9 Å². The molecule has 0 unspecified atom stereocenters. The van der Waals surface area contributed by atoms with Crippen LogP contribution in [0.5, 0.6) is 0 Å². The fourth-order valence-corrected chi connectivity index (χ4v) is 3.08. The number of rotatable bonds is 4. The predicted molar refractivity (Wildman–Crippen MR) is 103 cm³/mol. The first-order chi connectivity index (χ1) is 13.5. The number of nitrogens with two attached hydrogens (primary N) is 1. The highest BCUT2D eigenvalue weighted by molar-refractivity contribution is 6.13. The molecule has 0 aliphatic rings. The Balaban J connectivity index is 2.04. The lowest BCUT2D eigenvalue weighted by Gasteiger charge is -2.07. The first-order valence-electron chi connectivity index (χ1n) is 8.50. The molecule has 4 rings (SSSR count). The van der Waals surface area contributed by atoms with Crippen LogP contribution in [0, 0.1) is 10.1 Å². The third-order valence-corrected chi connectivity index (χ3v) is 4.32. The fourth-order valence-electron chi connectivity index (χ4n) is 3.08. The van der Waals surface area contributed by atoms with Crippen molar-refractivity contribution in [3.63, 3.8) is 0 Å². The minimum Gasteiger partial charge on any atom is -0.461 e. The normalized spacial score (nSPS) is 11.0. The molecule has 2 aromatic carbocycles. The summed E-state index contributed by atoms with van der Waals surface area (Å²) in [4.78, 5) is 27.5. The number of benzene rings is 2. The summed E-state index contributed by atoms with van der Waals surface area (Å²) in [5.74, 6) is -0.331. The summed E-state index contributed by atoms with van der Waals surface area (Å²) in [5.41, 5.74) is 7.41. The van der Waals surface area contributed by atoms with Crippen molar-refractivity contribution in [3.05, 3.63) is 64.3 Å². The number of nitrogen functional groups attached to an aromatic ring is 1. The number of anilines is 1. The summed E-state index contributed by atoms with van der Waals surface area (Å²) in [6.45, 7) is 1.87. The van der Waals surface area contributed by atoms with Crippen molar-refractivity contribution < 1.29 is 14.5 Å². The number of esters is 1. The van der Waals surface area contributed by atoms with Crippen LogP contribution in [0.1, 0.15) is 17.4 Å². The number of aromatic nitrogens is 3. The smallest absolute Gasteiger partial charge is 0.359 e. The van der Waals surface area contributed by atoms with Crippen molar-refractivity contribution in [2.24, 2.45) is 0 Å². The number of hydrogen-bond acceptors (Lipinski definition) is 7. The summed E-state index contributed by atoms with van der Waals surface area (Å²) in [6, 6.07) is 13.1. The van der Waals surface area contributed by atoms with Gasteiger partial charge in [-0.15, -0.1) is 0 Å². The molecule has 0 aliphatic carbocycles. The number of carbonyl (C=O) groups excluding carboxylic acids is 1. The molecule has 0 amide bonds. The highest BCUT2D eigenvalue weighted by Crippen LogP contribution is 2.31. The molecule has 0 saturated carbocycles. The maximum Gasteiger partial charge on any atom is 0.359 e. The van der Waals surface area contributed by atoms with Gasteiger partial charge < -0.3 is 10.5 Å². The van der Waals surface area contributed by atoms with Crippen molar-refractivity contribution in [3.8, 4) is 5.69 Å². The van der Waals surface area contributed by atoms with Gasteiger partial charge in [-0.25, -0.2) is 14.5 Å². The van der Waals surface area contributed by atoms with Gasteiger partial charge in [0.15, 0.2) is 5.69 Å². The van der Waals surface area contributed by atoms with Crippen LogP contribution in [-0.2, 0) is 4.74 Å². The van der Waals surface area contributed by atoms with Crippen LogP contribution >= 0.6 is 0 Å². The van der Waals surface area contributed by atoms with Gasteiger partial charge in [0.2, 0.25) is 0 Å². The van der Waals surface area contributed by atoms with Crippen LogP contribution in [0.4, 0.5) is 11.5 Å². The summed E-state index contributed by atoms with van der Waals surface area (Å²) >= 11 is 0. The SMILES string of the molecule is CCOC(=O)c1c2nc(N)c3ccccc3c2nn1-c1ccc([N+](=O)[O-])cc1. The van der Waals surface area contributed by atoms with Gasteiger partial charge in [-0.3, -0.25) is 10.1 Å². The van der Waals surface area contributed by atoms with Crippen LogP contribution < -0.4 is 5.73 Å². The van der Waals surface area contributed by atoms with E-state index in [9.17, 15) is 14.9 Å². The number of hydrogen-bond donors (Lipinski definition) is 1. The molecule has 0 bridgehead atoms. The second kappa shape index (κ2) is 6.62. The van der Waals surface area contributed by atoms with E-state index in [1.165, 1.54) is 28.9 Å². The summed E-state index contributed by atoms with van der Waals surface area (Å²) in [7, 11) is 0. The van der Waals surface area contributed by atoms with E-state index in [4.69, 9.17) is 10.5 Å². The van der Waals surface area contributed by atoms with Gasteiger partial charge in [0.05, 0.1) is 17.2 Å². The minimum atomic E-state index is -0.606. The quantitative estimate of drug-likeness (QED) is 0.328. The molecule has 2 heterocycles. The van der Waals surface area contributed by atoms with E-state index in [0.29, 0.717) is 16.7 Å². The minimum absolute atomic E-state index is 0.0639. The standard InChI is InChI=1S/C19H15N5O4/c1-2-28-19(25)17-16-15(13-5-3-4-6-14(13)18(20)21-16)22-23(17)11-7-9-12(10-8-11)24(26)27/h3-10H,2H2,1H3,(H2,20,21). The molecule has 0 saturated heterocycles. The molecule has 2 N–H and O–H groups in total. The van der Waals surface area contributed by atoms with E-state index >= 15 is 0 Å². The first kappa shape index (κ1) is 17.4. The van der Waals surface area contributed by atoms with Gasteiger partial charge in [0, 0.05) is 22.9 Å². The number of pyridine rings is 1. The van der Waals surface area contributed by atoms with Crippen molar-refractivity contribution in [1.29, 1.82) is 0 Å². The van der Waals surface area contributed by atoms with Crippen LogP contribution in [0.2, 0.25) is 0 Å².